The zero-order valence-electron chi connectivity index (χ0n) is 14.7. The second kappa shape index (κ2) is 8.11. The normalized spacial score (nSPS) is 15.5. The first kappa shape index (κ1) is 16.7. The van der Waals surface area contributed by atoms with Gasteiger partial charge in [-0.3, -0.25) is 0 Å². The van der Waals surface area contributed by atoms with E-state index in [0.717, 1.165) is 63.1 Å². The van der Waals surface area contributed by atoms with E-state index in [2.05, 4.69) is 57.4 Å². The molecule has 1 fully saturated rings. The van der Waals surface area contributed by atoms with Gasteiger partial charge in [0, 0.05) is 44.5 Å². The number of anilines is 2. The third kappa shape index (κ3) is 4.45. The van der Waals surface area contributed by atoms with Crippen molar-refractivity contribution in [2.24, 2.45) is 0 Å². The highest BCUT2D eigenvalue weighted by Gasteiger charge is 2.18. The van der Waals surface area contributed by atoms with E-state index < -0.39 is 0 Å². The minimum absolute atomic E-state index is 0.855. The predicted octanol–water partition coefficient (Wildman–Crippen LogP) is 2.58. The number of hydrogen-bond donors (Lipinski definition) is 1. The summed E-state index contributed by atoms with van der Waals surface area (Å²) in [4.78, 5) is 14.1. The standard InChI is InChI=1S/C19H27N5/c1-3-23-11-13-24(14-12-23)19-21-16(2)15-18(22-19)20-10-9-17-7-5-4-6-8-17/h4-8,15H,3,9-14H2,1-2H3,(H,20,21,22). The van der Waals surface area contributed by atoms with E-state index in [4.69, 9.17) is 4.98 Å². The van der Waals surface area contributed by atoms with Crippen LogP contribution in [0.4, 0.5) is 11.8 Å². The molecule has 1 aliphatic heterocycles. The highest BCUT2D eigenvalue weighted by Crippen LogP contribution is 2.16. The van der Waals surface area contributed by atoms with Crippen LogP contribution in [0, 0.1) is 6.92 Å². The van der Waals surface area contributed by atoms with Crippen LogP contribution in [-0.2, 0) is 6.42 Å². The van der Waals surface area contributed by atoms with Crippen molar-refractivity contribution >= 4 is 11.8 Å². The van der Waals surface area contributed by atoms with Crippen molar-refractivity contribution < 1.29 is 0 Å². The molecule has 0 saturated carbocycles. The summed E-state index contributed by atoms with van der Waals surface area (Å²) >= 11 is 0. The van der Waals surface area contributed by atoms with Gasteiger partial charge in [-0.15, -0.1) is 0 Å². The average molecular weight is 325 g/mol. The Labute approximate surface area is 144 Å². The van der Waals surface area contributed by atoms with Crippen molar-refractivity contribution in [2.45, 2.75) is 20.3 Å². The van der Waals surface area contributed by atoms with E-state index in [9.17, 15) is 0 Å². The number of rotatable bonds is 6. The van der Waals surface area contributed by atoms with Gasteiger partial charge in [-0.2, -0.15) is 4.98 Å². The summed E-state index contributed by atoms with van der Waals surface area (Å²) in [5.74, 6) is 1.78. The van der Waals surface area contributed by atoms with Crippen molar-refractivity contribution in [3.63, 3.8) is 0 Å². The molecule has 0 bridgehead atoms. The Kier molecular flexibility index (Phi) is 5.64. The summed E-state index contributed by atoms with van der Waals surface area (Å²) in [5, 5.41) is 3.45. The Hall–Kier alpha value is -2.14. The molecule has 24 heavy (non-hydrogen) atoms. The summed E-state index contributed by atoms with van der Waals surface area (Å²) in [7, 11) is 0. The molecule has 3 rings (SSSR count). The van der Waals surface area contributed by atoms with Crippen LogP contribution in [0.25, 0.3) is 0 Å². The highest BCUT2D eigenvalue weighted by atomic mass is 15.3. The van der Waals surface area contributed by atoms with E-state index in [0.29, 0.717) is 0 Å². The van der Waals surface area contributed by atoms with Crippen LogP contribution in [-0.4, -0.2) is 54.1 Å². The van der Waals surface area contributed by atoms with Crippen LogP contribution in [0.3, 0.4) is 0 Å². The van der Waals surface area contributed by atoms with Crippen molar-refractivity contribution in [3.05, 3.63) is 47.7 Å². The smallest absolute Gasteiger partial charge is 0.227 e. The largest absolute Gasteiger partial charge is 0.370 e. The van der Waals surface area contributed by atoms with Crippen molar-refractivity contribution in [2.75, 3.05) is 49.5 Å². The first-order valence-corrected chi connectivity index (χ1v) is 8.85. The topological polar surface area (TPSA) is 44.3 Å². The molecule has 1 saturated heterocycles. The maximum absolute atomic E-state index is 4.72. The fourth-order valence-corrected chi connectivity index (χ4v) is 3.03. The lowest BCUT2D eigenvalue weighted by molar-refractivity contribution is 0.270. The SMILES string of the molecule is CCN1CCN(c2nc(C)cc(NCCc3ccccc3)n2)CC1. The van der Waals surface area contributed by atoms with Gasteiger partial charge >= 0.3 is 0 Å². The summed E-state index contributed by atoms with van der Waals surface area (Å²) in [5.41, 5.74) is 2.35. The number of likely N-dealkylation sites (N-methyl/N-ethyl adjacent to an activating group) is 1. The minimum atomic E-state index is 0.855. The maximum atomic E-state index is 4.72. The Morgan fingerprint density at radius 1 is 1.04 bits per heavy atom. The average Bonchev–Trinajstić information content (AvgIpc) is 2.62. The van der Waals surface area contributed by atoms with Gasteiger partial charge in [0.2, 0.25) is 5.95 Å². The molecular formula is C19H27N5. The molecule has 5 heteroatoms. The van der Waals surface area contributed by atoms with Crippen LogP contribution < -0.4 is 10.2 Å². The second-order valence-corrected chi connectivity index (χ2v) is 6.28. The molecule has 1 aliphatic rings. The fourth-order valence-electron chi connectivity index (χ4n) is 3.03. The summed E-state index contributed by atoms with van der Waals surface area (Å²) in [6.45, 7) is 10.4. The molecule has 0 atom stereocenters. The number of benzene rings is 1. The molecule has 128 valence electrons. The van der Waals surface area contributed by atoms with Crippen LogP contribution in [0.15, 0.2) is 36.4 Å². The van der Waals surface area contributed by atoms with Crippen LogP contribution >= 0.6 is 0 Å². The number of aryl methyl sites for hydroxylation is 1. The fraction of sp³-hybridized carbons (Fsp3) is 0.474. The first-order chi connectivity index (χ1) is 11.7. The van der Waals surface area contributed by atoms with E-state index in [1.165, 1.54) is 5.56 Å². The quantitative estimate of drug-likeness (QED) is 0.884. The monoisotopic (exact) mass is 325 g/mol. The van der Waals surface area contributed by atoms with Gasteiger partial charge < -0.3 is 15.1 Å². The molecule has 0 unspecified atom stereocenters. The molecule has 0 spiro atoms. The van der Waals surface area contributed by atoms with Crippen LogP contribution in [0.1, 0.15) is 18.2 Å². The van der Waals surface area contributed by atoms with Gasteiger partial charge in [0.05, 0.1) is 0 Å². The molecule has 0 amide bonds. The van der Waals surface area contributed by atoms with Gasteiger partial charge in [-0.05, 0) is 25.5 Å². The zero-order chi connectivity index (χ0) is 16.8. The van der Waals surface area contributed by atoms with E-state index in [-0.39, 0.29) is 0 Å². The lowest BCUT2D eigenvalue weighted by atomic mass is 10.1. The number of aromatic nitrogens is 2. The van der Waals surface area contributed by atoms with Gasteiger partial charge in [0.15, 0.2) is 0 Å². The molecule has 2 heterocycles. The third-order valence-corrected chi connectivity index (χ3v) is 4.51. The molecule has 0 radical (unpaired) electrons. The Morgan fingerprint density at radius 3 is 2.50 bits per heavy atom. The molecular weight excluding hydrogens is 298 g/mol. The number of hydrogen-bond acceptors (Lipinski definition) is 5. The maximum Gasteiger partial charge on any atom is 0.227 e. The van der Waals surface area contributed by atoms with Gasteiger partial charge in [0.25, 0.3) is 0 Å². The van der Waals surface area contributed by atoms with E-state index >= 15 is 0 Å². The molecule has 1 aromatic carbocycles. The summed E-state index contributed by atoms with van der Waals surface area (Å²) in [6, 6.07) is 12.6. The zero-order valence-corrected chi connectivity index (χ0v) is 14.7. The van der Waals surface area contributed by atoms with E-state index in [1.54, 1.807) is 0 Å². The highest BCUT2D eigenvalue weighted by molar-refractivity contribution is 5.44. The van der Waals surface area contributed by atoms with E-state index in [1.807, 2.05) is 13.0 Å². The minimum Gasteiger partial charge on any atom is -0.370 e. The second-order valence-electron chi connectivity index (χ2n) is 6.28. The van der Waals surface area contributed by atoms with Gasteiger partial charge in [-0.25, -0.2) is 4.98 Å². The summed E-state index contributed by atoms with van der Waals surface area (Å²) in [6.07, 6.45) is 0.994. The van der Waals surface area contributed by atoms with Crippen LogP contribution in [0.2, 0.25) is 0 Å². The lowest BCUT2D eigenvalue weighted by Gasteiger charge is -2.34. The van der Waals surface area contributed by atoms with Gasteiger partial charge in [0.1, 0.15) is 5.82 Å². The Balaban J connectivity index is 1.59. The van der Waals surface area contributed by atoms with Crippen molar-refractivity contribution in [1.29, 1.82) is 0 Å². The van der Waals surface area contributed by atoms with Crippen molar-refractivity contribution in [1.82, 2.24) is 14.9 Å². The Morgan fingerprint density at radius 2 is 1.79 bits per heavy atom. The number of piperazine rings is 1. The number of nitrogens with one attached hydrogen (secondary N) is 1. The predicted molar refractivity (Wildman–Crippen MR) is 99.7 cm³/mol. The Bertz CT molecular complexity index is 635. The molecule has 1 N–H and O–H groups in total. The molecule has 1 aromatic heterocycles. The number of nitrogens with zero attached hydrogens (tertiary/aromatic N) is 4. The molecule has 5 nitrogen and oxygen atoms in total. The van der Waals surface area contributed by atoms with Crippen molar-refractivity contribution in [3.8, 4) is 0 Å². The third-order valence-electron chi connectivity index (χ3n) is 4.51. The molecule has 2 aromatic rings. The molecule has 0 aliphatic carbocycles. The first-order valence-electron chi connectivity index (χ1n) is 8.85. The summed E-state index contributed by atoms with van der Waals surface area (Å²) < 4.78 is 0. The lowest BCUT2D eigenvalue weighted by Crippen LogP contribution is -2.46. The van der Waals surface area contributed by atoms with Gasteiger partial charge in [-0.1, -0.05) is 37.3 Å². The van der Waals surface area contributed by atoms with Crippen LogP contribution in [0.5, 0.6) is 0 Å².